The topological polar surface area (TPSA) is 286 Å². The largest absolute Gasteiger partial charge is 0.489 e. The van der Waals surface area contributed by atoms with E-state index in [0.717, 1.165) is 124 Å². The van der Waals surface area contributed by atoms with Gasteiger partial charge >= 0.3 is 0 Å². The van der Waals surface area contributed by atoms with E-state index in [0.29, 0.717) is 110 Å². The Hall–Kier alpha value is -9.11. The predicted molar refractivity (Wildman–Crippen MR) is 428 cm³/mol. The van der Waals surface area contributed by atoms with Crippen LogP contribution in [0.3, 0.4) is 0 Å². The monoisotopic (exact) mass is 1540 g/mol. The number of nitrogens with one attached hydrogen (secondary N) is 2. The van der Waals surface area contributed by atoms with Crippen LogP contribution in [-0.4, -0.2) is 184 Å². The third-order valence-electron chi connectivity index (χ3n) is 23.2. The number of rotatable bonds is 30. The molecule has 8 aliphatic rings. The predicted octanol–water partition coefficient (Wildman–Crippen LogP) is 12.1. The maximum Gasteiger partial charge on any atom is 0.273 e. The number of aromatic nitrogens is 9. The molecule has 24 nitrogen and oxygen atoms in total. The number of carbonyl (C=O) groups is 4. The van der Waals surface area contributed by atoms with Crippen LogP contribution < -0.4 is 20.1 Å². The summed E-state index contributed by atoms with van der Waals surface area (Å²) < 4.78 is 39.9. The zero-order chi connectivity index (χ0) is 78.3. The molecule has 8 aromatic rings. The van der Waals surface area contributed by atoms with Crippen LogP contribution in [0.2, 0.25) is 0 Å². The summed E-state index contributed by atoms with van der Waals surface area (Å²) in [5, 5.41) is 48.1. The first-order chi connectivity index (χ1) is 54.3. The summed E-state index contributed by atoms with van der Waals surface area (Å²) in [6.45, 7) is 22.0. The molecule has 4 aliphatic heterocycles. The number of unbranched alkanes of at least 4 members (excludes halogenated alkanes) is 1. The lowest BCUT2D eigenvalue weighted by Gasteiger charge is -2.20. The number of amides is 2. The maximum absolute atomic E-state index is 12.8. The lowest BCUT2D eigenvalue weighted by Crippen LogP contribution is -2.40. The molecule has 0 spiro atoms. The molecule has 0 unspecified atom stereocenters. The smallest absolute Gasteiger partial charge is 0.273 e. The van der Waals surface area contributed by atoms with Crippen LogP contribution in [0.15, 0.2) is 152 Å². The molecular formula is C87H111N15O9S. The first-order valence-corrected chi connectivity index (χ1v) is 42.2. The summed E-state index contributed by atoms with van der Waals surface area (Å²) in [5.41, 5.74) is 9.92. The van der Waals surface area contributed by atoms with Gasteiger partial charge in [0.05, 0.1) is 36.6 Å². The van der Waals surface area contributed by atoms with Gasteiger partial charge in [-0.2, -0.15) is 15.3 Å². The van der Waals surface area contributed by atoms with Crippen LogP contribution >= 0.6 is 0 Å². The summed E-state index contributed by atoms with van der Waals surface area (Å²) in [6, 6.07) is 43.7. The van der Waals surface area contributed by atoms with E-state index in [1.54, 1.807) is 29.1 Å². The van der Waals surface area contributed by atoms with Crippen molar-refractivity contribution < 1.29 is 42.2 Å². The van der Waals surface area contributed by atoms with Gasteiger partial charge < -0.3 is 30.1 Å². The molecule has 3 N–H and O–H groups in total. The highest BCUT2D eigenvalue weighted by atomic mass is 32.2. The minimum atomic E-state index is -3.20. The minimum Gasteiger partial charge on any atom is -0.489 e. The number of ether oxygens (including phenoxy) is 2. The van der Waals surface area contributed by atoms with Gasteiger partial charge in [0.1, 0.15) is 36.1 Å². The highest BCUT2D eigenvalue weighted by Gasteiger charge is 2.40. The zero-order valence-corrected chi connectivity index (χ0v) is 66.6. The van der Waals surface area contributed by atoms with Crippen molar-refractivity contribution >= 4 is 33.4 Å². The number of Topliss-reactive ketones (excluding diaryl/α,β-unsaturated/α-hetero) is 2. The molecule has 4 aromatic carbocycles. The van der Waals surface area contributed by atoms with E-state index >= 15 is 0 Å². The number of ketones is 2. The van der Waals surface area contributed by atoms with E-state index < -0.39 is 10.0 Å². The summed E-state index contributed by atoms with van der Waals surface area (Å²) in [4.78, 5) is 57.6. The Bertz CT molecular complexity index is 4520. The maximum atomic E-state index is 12.8. The number of nitrogens with zero attached hydrogens (tertiary/aromatic N) is 13. The van der Waals surface area contributed by atoms with Crippen molar-refractivity contribution in [3.8, 4) is 11.5 Å². The Labute approximate surface area is 659 Å². The second kappa shape index (κ2) is 38.1. The zero-order valence-electron chi connectivity index (χ0n) is 65.8. The molecule has 4 aliphatic carbocycles. The van der Waals surface area contributed by atoms with E-state index in [9.17, 15) is 32.7 Å². The number of hydrogen-bond acceptors (Lipinski definition) is 20. The van der Waals surface area contributed by atoms with Crippen LogP contribution in [0.25, 0.3) is 0 Å². The molecule has 8 atom stereocenters. The van der Waals surface area contributed by atoms with Gasteiger partial charge in [0.15, 0.2) is 23.0 Å². The van der Waals surface area contributed by atoms with Crippen molar-refractivity contribution in [1.29, 1.82) is 0 Å². The molecule has 2 amide bonds. The number of likely N-dealkylation sites (tertiary alicyclic amines) is 3. The van der Waals surface area contributed by atoms with E-state index in [1.807, 2.05) is 97.4 Å². The van der Waals surface area contributed by atoms with Crippen molar-refractivity contribution in [1.82, 2.24) is 75.2 Å². The lowest BCUT2D eigenvalue weighted by molar-refractivity contribution is 0.0917. The highest BCUT2D eigenvalue weighted by molar-refractivity contribution is 7.89. The average molecular weight is 1540 g/mol. The van der Waals surface area contributed by atoms with Gasteiger partial charge in [0, 0.05) is 103 Å². The number of sulfonamides is 1. The van der Waals surface area contributed by atoms with E-state index in [2.05, 4.69) is 142 Å². The Kier molecular flexibility index (Phi) is 27.6. The number of hydrogen-bond donors (Lipinski definition) is 3. The fourth-order valence-electron chi connectivity index (χ4n) is 15.4. The summed E-state index contributed by atoms with van der Waals surface area (Å²) in [6.07, 6.45) is 18.7. The second-order valence-corrected chi connectivity index (χ2v) is 34.9. The second-order valence-electron chi connectivity index (χ2n) is 32.8. The van der Waals surface area contributed by atoms with Gasteiger partial charge in [-0.25, -0.2) is 17.4 Å². The number of aliphatic hydroxyl groups excluding tert-OH is 1. The molecule has 4 saturated carbocycles. The van der Waals surface area contributed by atoms with Gasteiger partial charge in [-0.15, -0.1) is 20.4 Å². The van der Waals surface area contributed by atoms with Crippen LogP contribution in [0.4, 0.5) is 0 Å². The molecule has 8 fully saturated rings. The van der Waals surface area contributed by atoms with E-state index in [4.69, 9.17) is 9.47 Å². The Morgan fingerprint density at radius 1 is 0.509 bits per heavy atom. The van der Waals surface area contributed by atoms with Gasteiger partial charge in [-0.05, 0) is 206 Å². The Morgan fingerprint density at radius 2 is 0.964 bits per heavy atom. The third-order valence-corrected chi connectivity index (χ3v) is 25.0. The van der Waals surface area contributed by atoms with Crippen molar-refractivity contribution in [3.63, 3.8) is 0 Å². The van der Waals surface area contributed by atoms with Gasteiger partial charge in [-0.3, -0.25) is 29.0 Å². The standard InChI is InChI=1S/C27H30N4O2.C25H29N5O2.C18H27N3O3S.C17H25N3O2/c1-19-15-31(16-20-7-11-24(12-8-20)33-18-21-5-3-2-4-6-21)17-26(19)29-27(32)25-13-23(14-28-30-25)22-9-10-22;1-18-13-29(15-23(18)26-25(31)24-16-30(28-27-24)21-9-10-21)14-19-7-11-22(12-8-19)32-17-20-5-3-2-4-6-20;1-3-4-7-25(23,24)21-11-13(2)16(12-21)9-18(22)17-8-15(10-19-20-17)14-5-6-14;1-11(2)20-8-14(15(9-20)10-21)6-17(22)16-5-13(7-18-19-16)12-3-4-12/h2-8,11-14,19,22,26H,9-10,15-18H2,1H3,(H,29,32);2-8,11-12,16,18,21,23H,9-10,13-15,17H2,1H3,(H,26,31);8,10,13-14,16H,3-7,9,11-12H2,1-2H3;5,7,11-12,14-15,21H,3-4,6,8-10H2,1-2H3/t19-,26-;18-,23+;13-,16+;14-,15-/m0101/s1. The van der Waals surface area contributed by atoms with Gasteiger partial charge in [0.25, 0.3) is 11.8 Å². The van der Waals surface area contributed by atoms with E-state index in [-0.39, 0.29) is 71.5 Å². The van der Waals surface area contributed by atoms with Crippen LogP contribution in [0, 0.1) is 35.5 Å². The molecule has 0 bridgehead atoms. The number of carbonyl (C=O) groups excluding carboxylic acids is 4. The van der Waals surface area contributed by atoms with Crippen molar-refractivity contribution in [3.05, 3.63) is 214 Å². The normalized spacial score (nSPS) is 22.6. The van der Waals surface area contributed by atoms with Gasteiger partial charge in [0.2, 0.25) is 10.0 Å². The fraction of sp³-hybridized carbons (Fsp3) is 0.517. The SMILES string of the molecule is CC(C)N1C[C@@H](CC(=O)c2cc(C3CC3)cnn2)[C@@H](CO)C1.CCCCS(=O)(=O)N1C[C@@H](CC(=O)c2cc(C3CC3)cnn2)[C@@H](C)C1.C[C@@H]1CN(Cc2ccc(OCc3ccccc3)cc2)C[C@@H]1NC(=O)c1cn(C2CC2)nn1.C[C@H]1CN(Cc2ccc(OCc3ccccc3)cc2)C[C@@H]1NC(=O)c1cc(C2CC2)cnn1. The quantitative estimate of drug-likeness (QED) is 0.0353. The molecule has 25 heteroatoms. The molecule has 4 aromatic heterocycles. The molecule has 8 heterocycles. The molecule has 4 saturated heterocycles. The number of aliphatic hydroxyl groups is 1. The lowest BCUT2D eigenvalue weighted by atomic mass is 9.91. The first-order valence-electron chi connectivity index (χ1n) is 40.6. The summed E-state index contributed by atoms with van der Waals surface area (Å²) in [7, 11) is -3.20. The molecule has 0 radical (unpaired) electrons. The first kappa shape index (κ1) is 80.9. The molecule has 112 heavy (non-hydrogen) atoms. The van der Waals surface area contributed by atoms with Crippen LogP contribution in [0.5, 0.6) is 11.5 Å². The van der Waals surface area contributed by atoms with Crippen molar-refractivity contribution in [2.24, 2.45) is 35.5 Å². The molecule has 594 valence electrons. The van der Waals surface area contributed by atoms with E-state index in [1.165, 1.54) is 36.8 Å². The summed E-state index contributed by atoms with van der Waals surface area (Å²) in [5.74, 6) is 4.79. The van der Waals surface area contributed by atoms with Crippen LogP contribution in [0.1, 0.15) is 223 Å². The Balaban J connectivity index is 0.000000132. The van der Waals surface area contributed by atoms with Crippen LogP contribution in [-0.2, 0) is 36.3 Å². The van der Waals surface area contributed by atoms with Crippen molar-refractivity contribution in [2.45, 2.75) is 187 Å². The Morgan fingerprint density at radius 3 is 1.42 bits per heavy atom. The van der Waals surface area contributed by atoms with Crippen molar-refractivity contribution in [2.75, 3.05) is 64.7 Å². The minimum absolute atomic E-state index is 0.0281. The number of benzene rings is 4. The van der Waals surface area contributed by atoms with Gasteiger partial charge in [-0.1, -0.05) is 124 Å². The average Bonchev–Trinajstić information content (AvgIpc) is 1.63. The third kappa shape index (κ3) is 23.1. The summed E-state index contributed by atoms with van der Waals surface area (Å²) >= 11 is 0. The molecule has 16 rings (SSSR count). The fourth-order valence-corrected chi connectivity index (χ4v) is 17.2. The highest BCUT2D eigenvalue weighted by Crippen LogP contribution is 2.42. The molecular weight excluding hydrogens is 1430 g/mol.